The molecular formula is C18H26N3O3S2+. The summed E-state index contributed by atoms with van der Waals surface area (Å²) >= 11 is 1.68. The van der Waals surface area contributed by atoms with E-state index in [0.717, 1.165) is 11.4 Å². The Balaban J connectivity index is 1.98. The number of sulfonamides is 1. The molecule has 2 aromatic rings. The molecule has 1 aromatic heterocycles. The summed E-state index contributed by atoms with van der Waals surface area (Å²) < 4.78 is 26.8. The van der Waals surface area contributed by atoms with Crippen LogP contribution < -0.4 is 14.9 Å². The largest absolute Gasteiger partial charge is 0.323 e. The lowest BCUT2D eigenvalue weighted by Gasteiger charge is -2.20. The van der Waals surface area contributed by atoms with E-state index in [4.69, 9.17) is 0 Å². The van der Waals surface area contributed by atoms with Crippen molar-refractivity contribution in [1.29, 1.82) is 0 Å². The number of amides is 1. The average Bonchev–Trinajstić information content (AvgIpc) is 3.06. The van der Waals surface area contributed by atoms with Crippen molar-refractivity contribution in [2.24, 2.45) is 0 Å². The number of rotatable bonds is 8. The summed E-state index contributed by atoms with van der Waals surface area (Å²) in [5.41, 5.74) is 0.578. The molecule has 1 unspecified atom stereocenters. The SMILES string of the molecule is CC(C)NS(=O)(=O)c1ccc(NC(=O)[C@@H](C)[NH+](C)Cc2cccs2)cc1. The second-order valence-electron chi connectivity index (χ2n) is 6.61. The summed E-state index contributed by atoms with van der Waals surface area (Å²) in [4.78, 5) is 14.9. The maximum Gasteiger partial charge on any atom is 0.282 e. The van der Waals surface area contributed by atoms with Crippen molar-refractivity contribution in [3.05, 3.63) is 46.7 Å². The van der Waals surface area contributed by atoms with Crippen molar-refractivity contribution in [3.8, 4) is 0 Å². The summed E-state index contributed by atoms with van der Waals surface area (Å²) in [6.07, 6.45) is 0. The van der Waals surface area contributed by atoms with Gasteiger partial charge in [-0.25, -0.2) is 13.1 Å². The Hall–Kier alpha value is -1.74. The van der Waals surface area contributed by atoms with Gasteiger partial charge in [0.15, 0.2) is 6.04 Å². The number of hydrogen-bond donors (Lipinski definition) is 3. The molecule has 8 heteroatoms. The molecule has 2 rings (SSSR count). The van der Waals surface area contributed by atoms with E-state index >= 15 is 0 Å². The molecule has 1 aromatic carbocycles. The lowest BCUT2D eigenvalue weighted by Crippen LogP contribution is -3.12. The fraction of sp³-hybridized carbons (Fsp3) is 0.389. The van der Waals surface area contributed by atoms with Crippen molar-refractivity contribution in [2.75, 3.05) is 12.4 Å². The van der Waals surface area contributed by atoms with Gasteiger partial charge in [-0.2, -0.15) is 0 Å². The number of nitrogens with one attached hydrogen (secondary N) is 3. The molecule has 0 aliphatic rings. The third-order valence-electron chi connectivity index (χ3n) is 3.99. The molecule has 1 heterocycles. The quantitative estimate of drug-likeness (QED) is 0.632. The lowest BCUT2D eigenvalue weighted by molar-refractivity contribution is -0.907. The Morgan fingerprint density at radius 2 is 1.81 bits per heavy atom. The molecule has 0 saturated heterocycles. The van der Waals surface area contributed by atoms with E-state index in [1.165, 1.54) is 17.0 Å². The van der Waals surface area contributed by atoms with Crippen LogP contribution in [0, 0.1) is 0 Å². The van der Waals surface area contributed by atoms with E-state index in [-0.39, 0.29) is 22.9 Å². The van der Waals surface area contributed by atoms with Crippen LogP contribution in [0.25, 0.3) is 0 Å². The molecule has 0 radical (unpaired) electrons. The van der Waals surface area contributed by atoms with E-state index in [9.17, 15) is 13.2 Å². The Morgan fingerprint density at radius 1 is 1.15 bits per heavy atom. The van der Waals surface area contributed by atoms with Crippen LogP contribution in [-0.4, -0.2) is 33.5 Å². The number of benzene rings is 1. The minimum atomic E-state index is -3.53. The molecule has 0 bridgehead atoms. The zero-order valence-electron chi connectivity index (χ0n) is 15.4. The van der Waals surface area contributed by atoms with Crippen LogP contribution in [0.4, 0.5) is 5.69 Å². The average molecular weight is 397 g/mol. The van der Waals surface area contributed by atoms with Gasteiger partial charge < -0.3 is 10.2 Å². The monoisotopic (exact) mass is 396 g/mol. The predicted octanol–water partition coefficient (Wildman–Crippen LogP) is 1.48. The van der Waals surface area contributed by atoms with Gasteiger partial charge in [-0.05, 0) is 56.5 Å². The van der Waals surface area contributed by atoms with Crippen molar-refractivity contribution < 1.29 is 18.1 Å². The standard InChI is InChI=1S/C18H25N3O3S2/c1-13(2)20-26(23,24)17-9-7-15(8-10-17)19-18(22)14(3)21(4)12-16-6-5-11-25-16/h5-11,13-14,20H,12H2,1-4H3,(H,19,22)/p+1/t14-/m1/s1. The summed E-state index contributed by atoms with van der Waals surface area (Å²) in [6.45, 7) is 6.19. The molecule has 2 atom stereocenters. The highest BCUT2D eigenvalue weighted by Crippen LogP contribution is 2.14. The number of quaternary nitrogens is 1. The van der Waals surface area contributed by atoms with Crippen LogP contribution in [0.1, 0.15) is 25.6 Å². The van der Waals surface area contributed by atoms with E-state index in [1.807, 2.05) is 25.4 Å². The Morgan fingerprint density at radius 3 is 2.35 bits per heavy atom. The highest BCUT2D eigenvalue weighted by Gasteiger charge is 2.22. The summed E-state index contributed by atoms with van der Waals surface area (Å²) in [7, 11) is -1.55. The highest BCUT2D eigenvalue weighted by molar-refractivity contribution is 7.89. The van der Waals surface area contributed by atoms with Gasteiger partial charge in [0.25, 0.3) is 5.91 Å². The van der Waals surface area contributed by atoms with E-state index < -0.39 is 10.0 Å². The molecule has 0 fully saturated rings. The molecular weight excluding hydrogens is 370 g/mol. The highest BCUT2D eigenvalue weighted by atomic mass is 32.2. The topological polar surface area (TPSA) is 79.7 Å². The molecule has 6 nitrogen and oxygen atoms in total. The second-order valence-corrected chi connectivity index (χ2v) is 9.36. The third kappa shape index (κ3) is 5.63. The minimum absolute atomic E-state index is 0.102. The van der Waals surface area contributed by atoms with Crippen LogP contribution in [-0.2, 0) is 21.4 Å². The van der Waals surface area contributed by atoms with Crippen LogP contribution in [0.15, 0.2) is 46.7 Å². The summed E-state index contributed by atoms with van der Waals surface area (Å²) in [5.74, 6) is -0.102. The smallest absolute Gasteiger partial charge is 0.282 e. The molecule has 26 heavy (non-hydrogen) atoms. The molecule has 1 amide bonds. The summed E-state index contributed by atoms with van der Waals surface area (Å²) in [6, 6.07) is 9.85. The maximum absolute atomic E-state index is 12.5. The molecule has 142 valence electrons. The maximum atomic E-state index is 12.5. The third-order valence-corrected chi connectivity index (χ3v) is 6.54. The number of carbonyl (C=O) groups excluding carboxylic acids is 1. The number of carbonyl (C=O) groups is 1. The predicted molar refractivity (Wildman–Crippen MR) is 105 cm³/mol. The normalized spacial score (nSPS) is 14.2. The van der Waals surface area contributed by atoms with Gasteiger partial charge >= 0.3 is 0 Å². The number of anilines is 1. The van der Waals surface area contributed by atoms with Crippen molar-refractivity contribution in [2.45, 2.75) is 44.3 Å². The van der Waals surface area contributed by atoms with Gasteiger partial charge in [0.05, 0.1) is 16.8 Å². The van der Waals surface area contributed by atoms with E-state index in [2.05, 4.69) is 16.1 Å². The van der Waals surface area contributed by atoms with Gasteiger partial charge in [0.2, 0.25) is 10.0 Å². The zero-order chi connectivity index (χ0) is 19.3. The van der Waals surface area contributed by atoms with Gasteiger partial charge in [-0.15, -0.1) is 11.3 Å². The lowest BCUT2D eigenvalue weighted by atomic mass is 10.2. The van der Waals surface area contributed by atoms with E-state index in [0.29, 0.717) is 5.69 Å². The van der Waals surface area contributed by atoms with Gasteiger partial charge in [0, 0.05) is 11.7 Å². The molecule has 0 saturated carbocycles. The minimum Gasteiger partial charge on any atom is -0.323 e. The van der Waals surface area contributed by atoms with Crippen LogP contribution in [0.2, 0.25) is 0 Å². The van der Waals surface area contributed by atoms with Gasteiger partial charge in [0.1, 0.15) is 6.54 Å². The Labute approximate surface area is 159 Å². The number of hydrogen-bond acceptors (Lipinski definition) is 4. The van der Waals surface area contributed by atoms with Gasteiger partial charge in [-0.1, -0.05) is 6.07 Å². The molecule has 0 aliphatic carbocycles. The first-order chi connectivity index (χ1) is 12.2. The number of likely N-dealkylation sites (N-methyl/N-ethyl adjacent to an activating group) is 1. The molecule has 0 aliphatic heterocycles. The number of thiophene rings is 1. The summed E-state index contributed by atoms with van der Waals surface area (Å²) in [5, 5.41) is 4.87. The van der Waals surface area contributed by atoms with Crippen molar-refractivity contribution in [1.82, 2.24) is 4.72 Å². The second kappa shape index (κ2) is 8.77. The zero-order valence-corrected chi connectivity index (χ0v) is 17.1. The Bertz CT molecular complexity index is 816. The first kappa shape index (κ1) is 20.6. The van der Waals surface area contributed by atoms with Crippen molar-refractivity contribution >= 4 is 33.0 Å². The first-order valence-electron chi connectivity index (χ1n) is 8.47. The first-order valence-corrected chi connectivity index (χ1v) is 10.8. The van der Waals surface area contributed by atoms with Gasteiger partial charge in [-0.3, -0.25) is 4.79 Å². The molecule has 0 spiro atoms. The van der Waals surface area contributed by atoms with Crippen molar-refractivity contribution in [3.63, 3.8) is 0 Å². The fourth-order valence-corrected chi connectivity index (χ4v) is 4.46. The van der Waals surface area contributed by atoms with Crippen LogP contribution in [0.3, 0.4) is 0 Å². The Kier molecular flexibility index (Phi) is 6.94. The van der Waals surface area contributed by atoms with Crippen LogP contribution >= 0.6 is 11.3 Å². The molecule has 3 N–H and O–H groups in total. The fourth-order valence-electron chi connectivity index (χ4n) is 2.41. The van der Waals surface area contributed by atoms with E-state index in [1.54, 1.807) is 37.3 Å². The van der Waals surface area contributed by atoms with Crippen LogP contribution in [0.5, 0.6) is 0 Å².